The Bertz CT molecular complexity index is 788. The van der Waals surface area contributed by atoms with Gasteiger partial charge in [0.1, 0.15) is 10.3 Å². The monoisotopic (exact) mass is 371 g/mol. The number of nitrogens with zero attached hydrogens (tertiary/aromatic N) is 3. The minimum Gasteiger partial charge on any atom is -0.302 e. The molecule has 0 fully saturated rings. The van der Waals surface area contributed by atoms with Crippen molar-refractivity contribution < 1.29 is 13.6 Å². The van der Waals surface area contributed by atoms with E-state index in [-0.39, 0.29) is 12.2 Å². The maximum atomic E-state index is 13.6. The van der Waals surface area contributed by atoms with Crippen molar-refractivity contribution in [2.24, 2.45) is 0 Å². The Labute approximate surface area is 147 Å². The van der Waals surface area contributed by atoms with Gasteiger partial charge in [-0.1, -0.05) is 0 Å². The van der Waals surface area contributed by atoms with Crippen LogP contribution in [-0.4, -0.2) is 33.1 Å². The first-order chi connectivity index (χ1) is 11.1. The van der Waals surface area contributed by atoms with Gasteiger partial charge in [0.2, 0.25) is 0 Å². The van der Waals surface area contributed by atoms with Crippen molar-refractivity contribution in [3.05, 3.63) is 17.0 Å². The molecule has 0 aromatic carbocycles. The summed E-state index contributed by atoms with van der Waals surface area (Å²) in [4.78, 5) is 4.64. The number of aryl methyl sites for hydroxylation is 2. The lowest BCUT2D eigenvalue weighted by Gasteiger charge is -2.22. The molecular weight excluding hydrogens is 345 g/mol. The van der Waals surface area contributed by atoms with Crippen LogP contribution in [0.1, 0.15) is 44.6 Å². The Hall–Kier alpha value is -0.880. The predicted octanol–water partition coefficient (Wildman–Crippen LogP) is 4.04. The fraction of sp³-hybridized carbons (Fsp3) is 0.625. The molecule has 8 heteroatoms. The number of thioether (sulfide) groups is 1. The molecule has 0 amide bonds. The first-order valence-corrected chi connectivity index (χ1v) is 10.7. The van der Waals surface area contributed by atoms with E-state index in [9.17, 15) is 4.57 Å². The van der Waals surface area contributed by atoms with Gasteiger partial charge in [-0.3, -0.25) is 4.57 Å². The van der Waals surface area contributed by atoms with E-state index in [2.05, 4.69) is 10.1 Å². The number of fused-ring (bicyclic) bond motifs is 1. The molecule has 0 aliphatic heterocycles. The van der Waals surface area contributed by atoms with Crippen molar-refractivity contribution in [1.82, 2.24) is 14.6 Å². The molecule has 2 aromatic rings. The third kappa shape index (κ3) is 3.54. The molecule has 0 radical (unpaired) electrons. The molecule has 24 heavy (non-hydrogen) atoms. The van der Waals surface area contributed by atoms with Crippen molar-refractivity contribution in [2.45, 2.75) is 65.7 Å². The zero-order chi connectivity index (χ0) is 18.2. The van der Waals surface area contributed by atoms with Crippen LogP contribution >= 0.6 is 19.4 Å². The maximum Gasteiger partial charge on any atom is 0.368 e. The van der Waals surface area contributed by atoms with Crippen LogP contribution in [0, 0.1) is 20.8 Å². The lowest BCUT2D eigenvalue weighted by molar-refractivity contribution is 0.150. The molecule has 0 saturated heterocycles. The second-order valence-electron chi connectivity index (χ2n) is 6.31. The van der Waals surface area contributed by atoms with Crippen LogP contribution in [0.2, 0.25) is 0 Å². The fourth-order valence-electron chi connectivity index (χ4n) is 2.44. The second kappa shape index (κ2) is 7.16. The molecule has 134 valence electrons. The van der Waals surface area contributed by atoms with Gasteiger partial charge >= 0.3 is 7.60 Å². The summed E-state index contributed by atoms with van der Waals surface area (Å²) in [5.41, 5.74) is 3.47. The third-order valence-corrected chi connectivity index (χ3v) is 6.83. The summed E-state index contributed by atoms with van der Waals surface area (Å²) >= 11 is 1.42. The van der Waals surface area contributed by atoms with E-state index in [0.717, 1.165) is 17.0 Å². The van der Waals surface area contributed by atoms with Gasteiger partial charge in [0.15, 0.2) is 5.65 Å². The molecule has 2 heterocycles. The highest BCUT2D eigenvalue weighted by Gasteiger charge is 2.38. The largest absolute Gasteiger partial charge is 0.368 e. The smallest absolute Gasteiger partial charge is 0.302 e. The normalized spacial score (nSPS) is 12.8. The summed E-state index contributed by atoms with van der Waals surface area (Å²) in [5.74, 6) is 0. The van der Waals surface area contributed by atoms with Gasteiger partial charge in [0.05, 0.1) is 12.2 Å². The lowest BCUT2D eigenvalue weighted by atomic mass is 10.2. The molecule has 0 bridgehead atoms. The minimum absolute atomic E-state index is 0.244. The highest BCUT2D eigenvalue weighted by molar-refractivity contribution is 7.99. The highest BCUT2D eigenvalue weighted by Crippen LogP contribution is 2.52. The van der Waals surface area contributed by atoms with Crippen LogP contribution in [0.4, 0.5) is 0 Å². The highest BCUT2D eigenvalue weighted by atomic mass is 32.2. The van der Waals surface area contributed by atoms with Crippen LogP contribution < -0.4 is 5.30 Å². The molecule has 0 aliphatic carbocycles. The van der Waals surface area contributed by atoms with Crippen molar-refractivity contribution >= 4 is 30.3 Å². The maximum absolute atomic E-state index is 13.6. The van der Waals surface area contributed by atoms with E-state index in [0.29, 0.717) is 16.0 Å². The van der Waals surface area contributed by atoms with Crippen LogP contribution in [0.15, 0.2) is 5.03 Å². The van der Waals surface area contributed by atoms with E-state index < -0.39 is 7.60 Å². The SMILES string of the molecule is CSc1nn2c(C)c(C)c(C)nc2c1P(=O)(OC(C)C)OC(C)C. The van der Waals surface area contributed by atoms with Gasteiger partial charge in [-0.2, -0.15) is 5.10 Å². The summed E-state index contributed by atoms with van der Waals surface area (Å²) < 4.78 is 26.9. The molecule has 0 spiro atoms. The summed E-state index contributed by atoms with van der Waals surface area (Å²) in [6, 6.07) is 0. The van der Waals surface area contributed by atoms with Gasteiger partial charge in [-0.15, -0.1) is 11.8 Å². The third-order valence-electron chi connectivity index (χ3n) is 3.65. The molecular formula is C16H26N3O3PS. The Morgan fingerprint density at radius 3 is 2.08 bits per heavy atom. The number of hydrogen-bond acceptors (Lipinski definition) is 6. The summed E-state index contributed by atoms with van der Waals surface area (Å²) in [6.07, 6.45) is 1.41. The number of aromatic nitrogens is 3. The molecule has 0 unspecified atom stereocenters. The molecule has 0 saturated carbocycles. The molecule has 6 nitrogen and oxygen atoms in total. The van der Waals surface area contributed by atoms with E-state index in [4.69, 9.17) is 9.05 Å². The topological polar surface area (TPSA) is 65.7 Å². The van der Waals surface area contributed by atoms with Gasteiger partial charge < -0.3 is 9.05 Å². The summed E-state index contributed by atoms with van der Waals surface area (Å²) in [6.45, 7) is 13.3. The van der Waals surface area contributed by atoms with Gasteiger partial charge in [-0.05, 0) is 60.3 Å². The number of rotatable bonds is 6. The zero-order valence-electron chi connectivity index (χ0n) is 15.6. The molecule has 2 aromatic heterocycles. The average molecular weight is 371 g/mol. The predicted molar refractivity (Wildman–Crippen MR) is 98.7 cm³/mol. The van der Waals surface area contributed by atoms with Crippen molar-refractivity contribution in [2.75, 3.05) is 6.26 Å². The van der Waals surface area contributed by atoms with Crippen LogP contribution in [0.5, 0.6) is 0 Å². The number of hydrogen-bond donors (Lipinski definition) is 0. The fourth-order valence-corrected chi connectivity index (χ4v) is 5.54. The minimum atomic E-state index is -3.56. The summed E-state index contributed by atoms with van der Waals surface area (Å²) in [7, 11) is -3.56. The molecule has 0 aliphatic rings. The van der Waals surface area contributed by atoms with Crippen LogP contribution in [0.25, 0.3) is 5.65 Å². The Morgan fingerprint density at radius 1 is 1.08 bits per heavy atom. The van der Waals surface area contributed by atoms with Gasteiger partial charge in [-0.25, -0.2) is 9.50 Å². The Kier molecular flexibility index (Phi) is 5.80. The summed E-state index contributed by atoms with van der Waals surface area (Å²) in [5, 5.41) is 5.69. The Morgan fingerprint density at radius 2 is 1.62 bits per heavy atom. The Balaban J connectivity index is 2.83. The van der Waals surface area contributed by atoms with Gasteiger partial charge in [0, 0.05) is 11.4 Å². The van der Waals surface area contributed by atoms with E-state index in [1.807, 2.05) is 54.7 Å². The first-order valence-electron chi connectivity index (χ1n) is 7.98. The standard InChI is InChI=1S/C16H26N3O3PS/c1-9(2)21-23(20,22-10(3)4)14-15-17-12(6)11(5)13(7)19(15)18-16(14)24-8/h9-10H,1-8H3. The van der Waals surface area contributed by atoms with Crippen LogP contribution in [0.3, 0.4) is 0 Å². The molecule has 2 rings (SSSR count). The lowest BCUT2D eigenvalue weighted by Crippen LogP contribution is -2.19. The average Bonchev–Trinajstić information content (AvgIpc) is 2.82. The zero-order valence-corrected chi connectivity index (χ0v) is 17.3. The van der Waals surface area contributed by atoms with E-state index >= 15 is 0 Å². The van der Waals surface area contributed by atoms with Crippen molar-refractivity contribution in [3.8, 4) is 0 Å². The quantitative estimate of drug-likeness (QED) is 0.564. The van der Waals surface area contributed by atoms with Crippen molar-refractivity contribution in [3.63, 3.8) is 0 Å². The van der Waals surface area contributed by atoms with E-state index in [1.54, 1.807) is 4.52 Å². The molecule has 0 N–H and O–H groups in total. The second-order valence-corrected chi connectivity index (χ2v) is 8.97. The van der Waals surface area contributed by atoms with Crippen LogP contribution in [-0.2, 0) is 13.6 Å². The molecule has 0 atom stereocenters. The first kappa shape index (κ1) is 19.4. The van der Waals surface area contributed by atoms with Gasteiger partial charge in [0.25, 0.3) is 0 Å². The van der Waals surface area contributed by atoms with E-state index in [1.165, 1.54) is 11.8 Å². The van der Waals surface area contributed by atoms with Crippen molar-refractivity contribution in [1.29, 1.82) is 0 Å².